The summed E-state index contributed by atoms with van der Waals surface area (Å²) in [6.45, 7) is 1.42. The summed E-state index contributed by atoms with van der Waals surface area (Å²) >= 11 is 0. The van der Waals surface area contributed by atoms with Crippen molar-refractivity contribution in [1.82, 2.24) is 0 Å². The van der Waals surface area contributed by atoms with Gasteiger partial charge in [0.1, 0.15) is 6.61 Å². The molecule has 0 spiro atoms. The van der Waals surface area contributed by atoms with Crippen molar-refractivity contribution in [3.63, 3.8) is 0 Å². The van der Waals surface area contributed by atoms with Gasteiger partial charge >= 0.3 is 5.97 Å². The van der Waals surface area contributed by atoms with Crippen LogP contribution in [0.2, 0.25) is 0 Å². The van der Waals surface area contributed by atoms with E-state index < -0.39 is 0 Å². The van der Waals surface area contributed by atoms with Gasteiger partial charge in [0.05, 0.1) is 13.0 Å². The lowest BCUT2D eigenvalue weighted by molar-refractivity contribution is -0.144. The minimum Gasteiger partial charge on any atom is -0.463 e. The highest BCUT2D eigenvalue weighted by atomic mass is 16.6. The van der Waals surface area contributed by atoms with Crippen LogP contribution in [0.3, 0.4) is 0 Å². The van der Waals surface area contributed by atoms with Crippen LogP contribution in [-0.2, 0) is 14.3 Å². The molecule has 0 radical (unpaired) electrons. The quantitative estimate of drug-likeness (QED) is 0.534. The SMILES string of the molecule is COCCOC(=O)CCN(C)c1ccccc1. The van der Waals surface area contributed by atoms with Crippen molar-refractivity contribution in [2.24, 2.45) is 0 Å². The molecular formula is C13H19NO3. The van der Waals surface area contributed by atoms with Gasteiger partial charge in [0.25, 0.3) is 0 Å². The number of anilines is 1. The van der Waals surface area contributed by atoms with Gasteiger partial charge in [-0.25, -0.2) is 0 Å². The van der Waals surface area contributed by atoms with Gasteiger partial charge in [0, 0.05) is 26.4 Å². The number of benzene rings is 1. The van der Waals surface area contributed by atoms with Crippen LogP contribution in [0, 0.1) is 0 Å². The fraction of sp³-hybridized carbons (Fsp3) is 0.462. The molecular weight excluding hydrogens is 218 g/mol. The van der Waals surface area contributed by atoms with Crippen molar-refractivity contribution in [3.8, 4) is 0 Å². The highest BCUT2D eigenvalue weighted by molar-refractivity contribution is 5.70. The van der Waals surface area contributed by atoms with Gasteiger partial charge in [-0.2, -0.15) is 0 Å². The first-order chi connectivity index (χ1) is 8.24. The maximum atomic E-state index is 11.3. The van der Waals surface area contributed by atoms with Crippen LogP contribution in [0.1, 0.15) is 6.42 Å². The van der Waals surface area contributed by atoms with Crippen LogP contribution in [0.25, 0.3) is 0 Å². The number of hydrogen-bond donors (Lipinski definition) is 0. The number of carbonyl (C=O) groups excluding carboxylic acids is 1. The third-order valence-corrected chi connectivity index (χ3v) is 2.40. The first-order valence-electron chi connectivity index (χ1n) is 5.65. The second-order valence-corrected chi connectivity index (χ2v) is 3.72. The van der Waals surface area contributed by atoms with Crippen molar-refractivity contribution < 1.29 is 14.3 Å². The predicted octanol–water partition coefficient (Wildman–Crippen LogP) is 1.70. The van der Waals surface area contributed by atoms with E-state index >= 15 is 0 Å². The molecule has 4 heteroatoms. The zero-order valence-electron chi connectivity index (χ0n) is 10.4. The zero-order valence-corrected chi connectivity index (χ0v) is 10.4. The summed E-state index contributed by atoms with van der Waals surface area (Å²) in [6, 6.07) is 9.94. The van der Waals surface area contributed by atoms with E-state index in [4.69, 9.17) is 9.47 Å². The Bertz CT molecular complexity index is 327. The average Bonchev–Trinajstić information content (AvgIpc) is 2.37. The Balaban J connectivity index is 2.24. The molecule has 1 rings (SSSR count). The highest BCUT2D eigenvalue weighted by Crippen LogP contribution is 2.10. The fourth-order valence-corrected chi connectivity index (χ4v) is 1.38. The molecule has 1 aromatic rings. The molecule has 0 fully saturated rings. The Morgan fingerprint density at radius 3 is 2.59 bits per heavy atom. The third-order valence-electron chi connectivity index (χ3n) is 2.40. The van der Waals surface area contributed by atoms with E-state index in [9.17, 15) is 4.79 Å². The summed E-state index contributed by atoms with van der Waals surface area (Å²) in [5, 5.41) is 0. The summed E-state index contributed by atoms with van der Waals surface area (Å²) in [5.74, 6) is -0.190. The summed E-state index contributed by atoms with van der Waals surface area (Å²) in [5.41, 5.74) is 1.09. The van der Waals surface area contributed by atoms with Gasteiger partial charge < -0.3 is 14.4 Å². The molecule has 0 bridgehead atoms. The number of hydrogen-bond acceptors (Lipinski definition) is 4. The smallest absolute Gasteiger partial charge is 0.307 e. The van der Waals surface area contributed by atoms with E-state index in [1.807, 2.05) is 42.3 Å². The van der Waals surface area contributed by atoms with Gasteiger partial charge in [-0.3, -0.25) is 4.79 Å². The van der Waals surface area contributed by atoms with Crippen LogP contribution in [0.15, 0.2) is 30.3 Å². The van der Waals surface area contributed by atoms with Crippen LogP contribution < -0.4 is 4.90 Å². The third kappa shape index (κ3) is 5.36. The minimum absolute atomic E-state index is 0.190. The molecule has 0 amide bonds. The molecule has 0 aromatic heterocycles. The Morgan fingerprint density at radius 2 is 1.94 bits per heavy atom. The number of ether oxygens (including phenoxy) is 2. The molecule has 0 aliphatic carbocycles. The summed E-state index contributed by atoms with van der Waals surface area (Å²) in [4.78, 5) is 13.4. The van der Waals surface area contributed by atoms with Crippen LogP contribution >= 0.6 is 0 Å². The first kappa shape index (κ1) is 13.5. The number of esters is 1. The van der Waals surface area contributed by atoms with E-state index in [-0.39, 0.29) is 5.97 Å². The van der Waals surface area contributed by atoms with Crippen molar-refractivity contribution in [2.75, 3.05) is 38.8 Å². The van der Waals surface area contributed by atoms with Gasteiger partial charge in [-0.05, 0) is 12.1 Å². The molecule has 0 atom stereocenters. The molecule has 4 nitrogen and oxygen atoms in total. The second kappa shape index (κ2) is 7.68. The summed E-state index contributed by atoms with van der Waals surface area (Å²) in [6.07, 6.45) is 0.384. The molecule has 0 unspecified atom stereocenters. The van der Waals surface area contributed by atoms with Gasteiger partial charge in [0.2, 0.25) is 0 Å². The molecule has 0 saturated carbocycles. The van der Waals surface area contributed by atoms with Gasteiger partial charge in [-0.15, -0.1) is 0 Å². The lowest BCUT2D eigenvalue weighted by Gasteiger charge is -2.18. The second-order valence-electron chi connectivity index (χ2n) is 3.72. The monoisotopic (exact) mass is 237 g/mol. The lowest BCUT2D eigenvalue weighted by atomic mass is 10.3. The molecule has 17 heavy (non-hydrogen) atoms. The number of methoxy groups -OCH3 is 1. The molecule has 94 valence electrons. The van der Waals surface area contributed by atoms with Crippen molar-refractivity contribution in [3.05, 3.63) is 30.3 Å². The number of carbonyl (C=O) groups is 1. The van der Waals surface area contributed by atoms with E-state index in [2.05, 4.69) is 0 Å². The van der Waals surface area contributed by atoms with E-state index in [1.165, 1.54) is 0 Å². The molecule has 0 aliphatic heterocycles. The van der Waals surface area contributed by atoms with Crippen molar-refractivity contribution >= 4 is 11.7 Å². The summed E-state index contributed by atoms with van der Waals surface area (Å²) < 4.78 is 9.78. The first-order valence-corrected chi connectivity index (χ1v) is 5.65. The number of nitrogens with zero attached hydrogens (tertiary/aromatic N) is 1. The Labute approximate surface area is 102 Å². The van der Waals surface area contributed by atoms with E-state index in [1.54, 1.807) is 7.11 Å². The van der Waals surface area contributed by atoms with Crippen molar-refractivity contribution in [1.29, 1.82) is 0 Å². The Hall–Kier alpha value is -1.55. The van der Waals surface area contributed by atoms with Crippen LogP contribution in [-0.4, -0.2) is 39.9 Å². The predicted molar refractivity (Wildman–Crippen MR) is 67.2 cm³/mol. The largest absolute Gasteiger partial charge is 0.463 e. The molecule has 0 heterocycles. The molecule has 0 N–H and O–H groups in total. The standard InChI is InChI=1S/C13H19NO3/c1-14(12-6-4-3-5-7-12)9-8-13(15)17-11-10-16-2/h3-7H,8-11H2,1-2H3. The van der Waals surface area contributed by atoms with E-state index in [0.29, 0.717) is 26.2 Å². The normalized spacial score (nSPS) is 10.0. The maximum Gasteiger partial charge on any atom is 0.307 e. The Kier molecular flexibility index (Phi) is 6.10. The van der Waals surface area contributed by atoms with Crippen LogP contribution in [0.4, 0.5) is 5.69 Å². The zero-order chi connectivity index (χ0) is 12.5. The average molecular weight is 237 g/mol. The highest BCUT2D eigenvalue weighted by Gasteiger charge is 2.05. The fourth-order valence-electron chi connectivity index (χ4n) is 1.38. The number of para-hydroxylation sites is 1. The molecule has 0 aliphatic rings. The van der Waals surface area contributed by atoms with Crippen LogP contribution in [0.5, 0.6) is 0 Å². The maximum absolute atomic E-state index is 11.3. The molecule has 0 saturated heterocycles. The van der Waals surface area contributed by atoms with Gasteiger partial charge in [-0.1, -0.05) is 18.2 Å². The van der Waals surface area contributed by atoms with Gasteiger partial charge in [0.15, 0.2) is 0 Å². The topological polar surface area (TPSA) is 38.8 Å². The minimum atomic E-state index is -0.190. The Morgan fingerprint density at radius 1 is 1.24 bits per heavy atom. The molecule has 1 aromatic carbocycles. The number of rotatable bonds is 7. The van der Waals surface area contributed by atoms with E-state index in [0.717, 1.165) is 5.69 Å². The van der Waals surface area contributed by atoms with Crippen molar-refractivity contribution in [2.45, 2.75) is 6.42 Å². The lowest BCUT2D eigenvalue weighted by Crippen LogP contribution is -2.22. The summed E-state index contributed by atoms with van der Waals surface area (Å²) in [7, 11) is 3.54.